The van der Waals surface area contributed by atoms with E-state index >= 15 is 0 Å². The highest BCUT2D eigenvalue weighted by Gasteiger charge is 2.36. The van der Waals surface area contributed by atoms with E-state index < -0.39 is 5.79 Å². The third kappa shape index (κ3) is 3.39. The lowest BCUT2D eigenvalue weighted by molar-refractivity contribution is -0.138. The number of hydrogen-bond acceptors (Lipinski definition) is 4. The summed E-state index contributed by atoms with van der Waals surface area (Å²) in [5.41, 5.74) is 1.08. The monoisotopic (exact) mass is 291 g/mol. The zero-order chi connectivity index (χ0) is 15.1. The molecule has 1 N–H and O–H groups in total. The molecule has 3 rings (SSSR count). The topological polar surface area (TPSA) is 39.7 Å². The van der Waals surface area contributed by atoms with Crippen LogP contribution in [0.3, 0.4) is 0 Å². The molecule has 0 amide bonds. The number of rotatable bonds is 3. The first-order valence-electron chi connectivity index (χ1n) is 7.68. The lowest BCUT2D eigenvalue weighted by atomic mass is 9.89. The van der Waals surface area contributed by atoms with E-state index in [2.05, 4.69) is 31.3 Å². The van der Waals surface area contributed by atoms with Gasteiger partial charge in [0.05, 0.1) is 12.7 Å². The number of nitrogens with one attached hydrogen (secondary N) is 1. The summed E-state index contributed by atoms with van der Waals surface area (Å²) in [7, 11) is 0. The van der Waals surface area contributed by atoms with Crippen LogP contribution in [-0.2, 0) is 9.47 Å². The Kier molecular flexibility index (Phi) is 3.72. The number of benzene rings is 1. The zero-order valence-electron chi connectivity index (χ0n) is 13.3. The lowest BCUT2D eigenvalue weighted by Gasteiger charge is -2.38. The van der Waals surface area contributed by atoms with Crippen molar-refractivity contribution in [3.05, 3.63) is 29.8 Å². The molecule has 0 aromatic heterocycles. The van der Waals surface area contributed by atoms with Crippen molar-refractivity contribution in [2.45, 2.75) is 57.6 Å². The summed E-state index contributed by atoms with van der Waals surface area (Å²) >= 11 is 0. The summed E-state index contributed by atoms with van der Waals surface area (Å²) in [5, 5.41) is 3.63. The van der Waals surface area contributed by atoms with Crippen LogP contribution in [0.15, 0.2) is 24.3 Å². The maximum absolute atomic E-state index is 6.06. The van der Waals surface area contributed by atoms with Crippen molar-refractivity contribution in [2.24, 2.45) is 0 Å². The second kappa shape index (κ2) is 5.27. The molecule has 4 nitrogen and oxygen atoms in total. The van der Waals surface area contributed by atoms with Crippen molar-refractivity contribution < 1.29 is 14.2 Å². The average Bonchev–Trinajstić information content (AvgIpc) is 2.74. The molecule has 21 heavy (non-hydrogen) atoms. The van der Waals surface area contributed by atoms with Gasteiger partial charge in [-0.2, -0.15) is 0 Å². The molecule has 0 saturated carbocycles. The number of hydrogen-bond donors (Lipinski definition) is 1. The van der Waals surface area contributed by atoms with Gasteiger partial charge < -0.3 is 19.5 Å². The van der Waals surface area contributed by atoms with Crippen LogP contribution in [0.5, 0.6) is 5.75 Å². The van der Waals surface area contributed by atoms with E-state index in [9.17, 15) is 0 Å². The predicted octanol–water partition coefficient (Wildman–Crippen LogP) is 3.03. The molecular weight excluding hydrogens is 266 g/mol. The van der Waals surface area contributed by atoms with Crippen LogP contribution in [-0.4, -0.2) is 30.6 Å². The normalized spacial score (nSPS) is 29.7. The van der Waals surface area contributed by atoms with Crippen LogP contribution in [0.1, 0.15) is 45.7 Å². The highest BCUT2D eigenvalue weighted by molar-refractivity contribution is 5.38. The third-order valence-electron chi connectivity index (χ3n) is 4.04. The Hall–Kier alpha value is -1.10. The number of ether oxygens (including phenoxy) is 3. The van der Waals surface area contributed by atoms with Crippen molar-refractivity contribution in [3.63, 3.8) is 0 Å². The zero-order valence-corrected chi connectivity index (χ0v) is 13.3. The highest BCUT2D eigenvalue weighted by atomic mass is 16.7. The van der Waals surface area contributed by atoms with E-state index in [0.29, 0.717) is 6.61 Å². The van der Waals surface area contributed by atoms with Gasteiger partial charge in [-0.15, -0.1) is 0 Å². The quantitative estimate of drug-likeness (QED) is 0.929. The van der Waals surface area contributed by atoms with Crippen molar-refractivity contribution in [3.8, 4) is 5.75 Å². The van der Waals surface area contributed by atoms with Gasteiger partial charge in [-0.3, -0.25) is 0 Å². The second-order valence-corrected chi connectivity index (χ2v) is 7.02. The van der Waals surface area contributed by atoms with E-state index in [-0.39, 0.29) is 17.7 Å². The molecule has 2 unspecified atom stereocenters. The van der Waals surface area contributed by atoms with Crippen molar-refractivity contribution in [2.75, 3.05) is 13.2 Å². The van der Waals surface area contributed by atoms with Gasteiger partial charge in [0.15, 0.2) is 5.79 Å². The lowest BCUT2D eigenvalue weighted by Crippen LogP contribution is -2.41. The van der Waals surface area contributed by atoms with Crippen molar-refractivity contribution in [1.29, 1.82) is 0 Å². The molecule has 4 heteroatoms. The predicted molar refractivity (Wildman–Crippen MR) is 81.4 cm³/mol. The molecule has 0 bridgehead atoms. The minimum Gasteiger partial charge on any atom is -0.487 e. The molecule has 1 aromatic rings. The van der Waals surface area contributed by atoms with Gasteiger partial charge in [-0.25, -0.2) is 0 Å². The summed E-state index contributed by atoms with van der Waals surface area (Å²) in [6, 6.07) is 8.56. The molecule has 2 atom stereocenters. The van der Waals surface area contributed by atoms with Gasteiger partial charge >= 0.3 is 0 Å². The molecule has 116 valence electrons. The minimum absolute atomic E-state index is 0.109. The number of fused-ring (bicyclic) bond motifs is 1. The van der Waals surface area contributed by atoms with Crippen LogP contribution >= 0.6 is 0 Å². The van der Waals surface area contributed by atoms with E-state index in [1.165, 1.54) is 5.56 Å². The molecule has 0 radical (unpaired) electrons. The van der Waals surface area contributed by atoms with Crippen LogP contribution in [0.4, 0.5) is 0 Å². The van der Waals surface area contributed by atoms with Crippen molar-refractivity contribution >= 4 is 0 Å². The molecule has 2 heterocycles. The van der Waals surface area contributed by atoms with Gasteiger partial charge in [-0.05, 0) is 33.8 Å². The molecule has 2 aliphatic rings. The molecular formula is C17H25NO3. The Morgan fingerprint density at radius 3 is 2.67 bits per heavy atom. The third-order valence-corrected chi connectivity index (χ3v) is 4.04. The molecule has 1 saturated heterocycles. The summed E-state index contributed by atoms with van der Waals surface area (Å²) in [6.45, 7) is 9.62. The number of para-hydroxylation sites is 1. The molecule has 1 fully saturated rings. The molecule has 0 spiro atoms. The van der Waals surface area contributed by atoms with Crippen LogP contribution < -0.4 is 10.1 Å². The van der Waals surface area contributed by atoms with Crippen LogP contribution in [0.25, 0.3) is 0 Å². The smallest absolute Gasteiger partial charge is 0.163 e. The highest BCUT2D eigenvalue weighted by Crippen LogP contribution is 2.39. The van der Waals surface area contributed by atoms with Gasteiger partial charge in [0.2, 0.25) is 0 Å². The Balaban J connectivity index is 1.68. The summed E-state index contributed by atoms with van der Waals surface area (Å²) in [4.78, 5) is 0. The average molecular weight is 291 g/mol. The van der Waals surface area contributed by atoms with E-state index in [0.717, 1.165) is 18.7 Å². The Morgan fingerprint density at radius 1 is 1.19 bits per heavy atom. The summed E-state index contributed by atoms with van der Waals surface area (Å²) in [5.74, 6) is 0.523. The Labute approximate surface area is 126 Å². The van der Waals surface area contributed by atoms with Gasteiger partial charge in [0.1, 0.15) is 11.4 Å². The molecule has 0 aliphatic carbocycles. The summed E-state index contributed by atoms with van der Waals surface area (Å²) < 4.78 is 17.5. The summed E-state index contributed by atoms with van der Waals surface area (Å²) in [6.07, 6.45) is 1.05. The fraction of sp³-hybridized carbons (Fsp3) is 0.647. The van der Waals surface area contributed by atoms with E-state index in [4.69, 9.17) is 14.2 Å². The van der Waals surface area contributed by atoms with E-state index in [1.807, 2.05) is 26.0 Å². The minimum atomic E-state index is -0.459. The van der Waals surface area contributed by atoms with Gasteiger partial charge in [-0.1, -0.05) is 18.2 Å². The van der Waals surface area contributed by atoms with E-state index in [1.54, 1.807) is 0 Å². The van der Waals surface area contributed by atoms with Crippen molar-refractivity contribution in [1.82, 2.24) is 5.32 Å². The fourth-order valence-electron chi connectivity index (χ4n) is 3.12. The molecule has 1 aromatic carbocycles. The van der Waals surface area contributed by atoms with Crippen LogP contribution in [0, 0.1) is 0 Å². The second-order valence-electron chi connectivity index (χ2n) is 7.02. The maximum atomic E-state index is 6.06. The first-order chi connectivity index (χ1) is 9.85. The van der Waals surface area contributed by atoms with Gasteiger partial charge in [0, 0.05) is 24.6 Å². The maximum Gasteiger partial charge on any atom is 0.163 e. The Morgan fingerprint density at radius 2 is 1.95 bits per heavy atom. The largest absolute Gasteiger partial charge is 0.487 e. The van der Waals surface area contributed by atoms with Crippen LogP contribution in [0.2, 0.25) is 0 Å². The Bertz CT molecular complexity index is 513. The first-order valence-corrected chi connectivity index (χ1v) is 7.68. The SMILES string of the molecule is CC1(C)CC(NCC2COC(C)(C)O2)c2ccccc2O1. The standard InChI is InChI=1S/C17H25NO3/c1-16(2)9-14(13-7-5-6-8-15(13)21-16)18-10-12-11-19-17(3,4)20-12/h5-8,12,14,18H,9-11H2,1-4H3. The molecule has 2 aliphatic heterocycles. The fourth-order valence-corrected chi connectivity index (χ4v) is 3.12. The van der Waals surface area contributed by atoms with Gasteiger partial charge in [0.25, 0.3) is 0 Å². The first kappa shape index (κ1) is 14.8.